The molecule has 0 saturated carbocycles. The molecule has 17 heavy (non-hydrogen) atoms. The lowest BCUT2D eigenvalue weighted by Crippen LogP contribution is -2.22. The van der Waals surface area contributed by atoms with Crippen LogP contribution in [-0.2, 0) is 9.59 Å². The Bertz CT molecular complexity index is 490. The van der Waals surface area contributed by atoms with Gasteiger partial charge in [0, 0.05) is 0 Å². The minimum absolute atomic E-state index is 0.403. The Kier molecular flexibility index (Phi) is 3.26. The van der Waals surface area contributed by atoms with Crippen molar-refractivity contribution >= 4 is 35.0 Å². The Morgan fingerprint density at radius 2 is 2.00 bits per heavy atom. The standard InChI is InChI=1S/C11H9Cl2NO3/c1-17-7-4-5(2-3-6(7)12)8-9(13)11(16)14-10(8)15/h2-4,8-9H,1H3,(H,14,15,16). The number of imide groups is 1. The second-order valence-corrected chi connectivity index (χ2v) is 4.50. The molecule has 1 aliphatic rings. The molecule has 2 rings (SSSR count). The van der Waals surface area contributed by atoms with Gasteiger partial charge in [0.15, 0.2) is 0 Å². The van der Waals surface area contributed by atoms with Gasteiger partial charge < -0.3 is 4.74 Å². The van der Waals surface area contributed by atoms with E-state index >= 15 is 0 Å². The van der Waals surface area contributed by atoms with Crippen molar-refractivity contribution in [3.05, 3.63) is 28.8 Å². The Hall–Kier alpha value is -1.26. The van der Waals surface area contributed by atoms with Gasteiger partial charge in [-0.1, -0.05) is 17.7 Å². The molecule has 0 bridgehead atoms. The van der Waals surface area contributed by atoms with Gasteiger partial charge in [-0.2, -0.15) is 0 Å². The summed E-state index contributed by atoms with van der Waals surface area (Å²) in [6.45, 7) is 0. The minimum Gasteiger partial charge on any atom is -0.495 e. The van der Waals surface area contributed by atoms with Crippen molar-refractivity contribution in [2.75, 3.05) is 7.11 Å². The summed E-state index contributed by atoms with van der Waals surface area (Å²) in [4.78, 5) is 22.9. The molecule has 1 aliphatic heterocycles. The molecule has 2 amide bonds. The molecular weight excluding hydrogens is 265 g/mol. The van der Waals surface area contributed by atoms with Gasteiger partial charge in [0.2, 0.25) is 11.8 Å². The first-order chi connectivity index (χ1) is 8.04. The van der Waals surface area contributed by atoms with E-state index in [0.717, 1.165) is 0 Å². The van der Waals surface area contributed by atoms with Crippen LogP contribution in [0.3, 0.4) is 0 Å². The van der Waals surface area contributed by atoms with Gasteiger partial charge in [0.05, 0.1) is 18.1 Å². The number of methoxy groups -OCH3 is 1. The maximum absolute atomic E-state index is 11.6. The van der Waals surface area contributed by atoms with Crippen molar-refractivity contribution in [3.63, 3.8) is 0 Å². The van der Waals surface area contributed by atoms with E-state index in [4.69, 9.17) is 27.9 Å². The average molecular weight is 274 g/mol. The van der Waals surface area contributed by atoms with Gasteiger partial charge in [0.25, 0.3) is 0 Å². The number of halogens is 2. The van der Waals surface area contributed by atoms with E-state index in [1.54, 1.807) is 18.2 Å². The molecule has 1 aromatic carbocycles. The minimum atomic E-state index is -0.895. The fraction of sp³-hybridized carbons (Fsp3) is 0.273. The number of carbonyl (C=O) groups excluding carboxylic acids is 2. The van der Waals surface area contributed by atoms with E-state index in [1.807, 2.05) is 0 Å². The number of carbonyl (C=O) groups is 2. The summed E-state index contributed by atoms with van der Waals surface area (Å²) in [7, 11) is 1.48. The highest BCUT2D eigenvalue weighted by atomic mass is 35.5. The average Bonchev–Trinajstić information content (AvgIpc) is 2.55. The largest absolute Gasteiger partial charge is 0.495 e. The molecule has 90 valence electrons. The zero-order valence-corrected chi connectivity index (χ0v) is 10.4. The maximum Gasteiger partial charge on any atom is 0.245 e. The molecular formula is C11H9Cl2NO3. The van der Waals surface area contributed by atoms with E-state index in [9.17, 15) is 9.59 Å². The highest BCUT2D eigenvalue weighted by molar-refractivity contribution is 6.37. The van der Waals surface area contributed by atoms with Crippen LogP contribution in [0.2, 0.25) is 5.02 Å². The van der Waals surface area contributed by atoms with Gasteiger partial charge in [-0.05, 0) is 17.7 Å². The normalized spacial score (nSPS) is 23.7. The van der Waals surface area contributed by atoms with Gasteiger partial charge in [-0.25, -0.2) is 0 Å². The Morgan fingerprint density at radius 1 is 1.29 bits per heavy atom. The second kappa shape index (κ2) is 4.55. The molecule has 1 N–H and O–H groups in total. The van der Waals surface area contributed by atoms with Gasteiger partial charge >= 0.3 is 0 Å². The van der Waals surface area contributed by atoms with E-state index in [-0.39, 0.29) is 0 Å². The molecule has 0 aromatic heterocycles. The lowest BCUT2D eigenvalue weighted by atomic mass is 9.97. The van der Waals surface area contributed by atoms with Crippen molar-refractivity contribution in [3.8, 4) is 5.75 Å². The van der Waals surface area contributed by atoms with Crippen LogP contribution in [0, 0.1) is 0 Å². The summed E-state index contributed by atoms with van der Waals surface area (Å²) in [6, 6.07) is 4.87. The smallest absolute Gasteiger partial charge is 0.245 e. The van der Waals surface area contributed by atoms with Crippen molar-refractivity contribution in [2.24, 2.45) is 0 Å². The number of rotatable bonds is 2. The van der Waals surface area contributed by atoms with Crippen LogP contribution in [0.1, 0.15) is 11.5 Å². The van der Waals surface area contributed by atoms with Crippen LogP contribution in [0.5, 0.6) is 5.75 Å². The number of ether oxygens (including phenoxy) is 1. The van der Waals surface area contributed by atoms with Gasteiger partial charge in [-0.3, -0.25) is 14.9 Å². The third kappa shape index (κ3) is 2.10. The zero-order chi connectivity index (χ0) is 12.6. The number of alkyl halides is 1. The monoisotopic (exact) mass is 273 g/mol. The highest BCUT2D eigenvalue weighted by Gasteiger charge is 2.41. The van der Waals surface area contributed by atoms with Crippen LogP contribution in [0.4, 0.5) is 0 Å². The maximum atomic E-state index is 11.6. The van der Waals surface area contributed by atoms with Crippen molar-refractivity contribution in [1.29, 1.82) is 0 Å². The van der Waals surface area contributed by atoms with E-state index in [1.165, 1.54) is 7.11 Å². The summed E-state index contributed by atoms with van der Waals surface area (Å²) in [5.74, 6) is -1.13. The lowest BCUT2D eigenvalue weighted by Gasteiger charge is -2.12. The molecule has 6 heteroatoms. The van der Waals surface area contributed by atoms with Crippen LogP contribution in [0.25, 0.3) is 0 Å². The molecule has 1 saturated heterocycles. The lowest BCUT2D eigenvalue weighted by molar-refractivity contribution is -0.125. The topological polar surface area (TPSA) is 55.4 Å². The van der Waals surface area contributed by atoms with Crippen LogP contribution < -0.4 is 10.1 Å². The molecule has 1 fully saturated rings. The van der Waals surface area contributed by atoms with Crippen LogP contribution >= 0.6 is 23.2 Å². The number of amides is 2. The van der Waals surface area contributed by atoms with Crippen molar-refractivity contribution < 1.29 is 14.3 Å². The molecule has 2 unspecified atom stereocenters. The Morgan fingerprint density at radius 3 is 2.53 bits per heavy atom. The Balaban J connectivity index is 2.40. The van der Waals surface area contributed by atoms with E-state index in [2.05, 4.69) is 5.32 Å². The molecule has 0 spiro atoms. The summed E-state index contributed by atoms with van der Waals surface area (Å²) in [6.07, 6.45) is 0. The zero-order valence-electron chi connectivity index (χ0n) is 8.87. The summed E-state index contributed by atoms with van der Waals surface area (Å²) in [5.41, 5.74) is 0.606. The number of hydrogen-bond acceptors (Lipinski definition) is 3. The SMILES string of the molecule is COc1cc(C2C(=O)NC(=O)C2Cl)ccc1Cl. The predicted molar refractivity (Wildman–Crippen MR) is 63.5 cm³/mol. The number of hydrogen-bond donors (Lipinski definition) is 1. The molecule has 0 radical (unpaired) electrons. The van der Waals surface area contributed by atoms with Crippen LogP contribution in [-0.4, -0.2) is 24.3 Å². The summed E-state index contributed by atoms with van der Waals surface area (Å²) in [5, 5.41) is 1.73. The first kappa shape index (κ1) is 12.2. The fourth-order valence-corrected chi connectivity index (χ4v) is 2.25. The number of nitrogens with one attached hydrogen (secondary N) is 1. The summed E-state index contributed by atoms with van der Waals surface area (Å²) < 4.78 is 5.05. The molecule has 1 aromatic rings. The second-order valence-electron chi connectivity index (χ2n) is 3.63. The number of benzene rings is 1. The van der Waals surface area contributed by atoms with E-state index in [0.29, 0.717) is 16.3 Å². The molecule has 1 heterocycles. The highest BCUT2D eigenvalue weighted by Crippen LogP contribution is 2.33. The quantitative estimate of drug-likeness (QED) is 0.659. The third-order valence-electron chi connectivity index (χ3n) is 2.61. The third-order valence-corrected chi connectivity index (χ3v) is 3.37. The predicted octanol–water partition coefficient (Wildman–Crippen LogP) is 1.70. The van der Waals surface area contributed by atoms with Crippen molar-refractivity contribution in [1.82, 2.24) is 5.32 Å². The molecule has 0 aliphatic carbocycles. The molecule has 4 nitrogen and oxygen atoms in total. The molecule has 2 atom stereocenters. The van der Waals surface area contributed by atoms with Crippen LogP contribution in [0.15, 0.2) is 18.2 Å². The van der Waals surface area contributed by atoms with Crippen molar-refractivity contribution in [2.45, 2.75) is 11.3 Å². The van der Waals surface area contributed by atoms with Gasteiger partial charge in [0.1, 0.15) is 11.1 Å². The Labute approximate surface area is 108 Å². The first-order valence-electron chi connectivity index (χ1n) is 4.87. The fourth-order valence-electron chi connectivity index (χ4n) is 1.74. The van der Waals surface area contributed by atoms with Gasteiger partial charge in [-0.15, -0.1) is 11.6 Å². The first-order valence-corrected chi connectivity index (χ1v) is 5.68. The summed E-state index contributed by atoms with van der Waals surface area (Å²) >= 11 is 11.8. The van der Waals surface area contributed by atoms with E-state index < -0.39 is 23.1 Å².